The van der Waals surface area contributed by atoms with Crippen LogP contribution in [0.3, 0.4) is 0 Å². The number of carbonyl (C=O) groups is 2. The molecule has 1 rings (SSSR count). The van der Waals surface area contributed by atoms with E-state index in [2.05, 4.69) is 5.32 Å². The van der Waals surface area contributed by atoms with Crippen molar-refractivity contribution in [2.75, 3.05) is 19.8 Å². The molecule has 116 valence electrons. The van der Waals surface area contributed by atoms with E-state index in [0.717, 1.165) is 5.56 Å². The van der Waals surface area contributed by atoms with Crippen LogP contribution in [0, 0.1) is 0 Å². The first-order chi connectivity index (χ1) is 10.0. The minimum absolute atomic E-state index is 0.197. The van der Waals surface area contributed by atoms with Crippen LogP contribution in [0.1, 0.15) is 29.8 Å². The Bertz CT molecular complexity index is 475. The zero-order valence-corrected chi connectivity index (χ0v) is 12.3. The number of hydrogen-bond acceptors (Lipinski definition) is 4. The maximum absolute atomic E-state index is 11.8. The lowest BCUT2D eigenvalue weighted by Gasteiger charge is -2.13. The van der Waals surface area contributed by atoms with Gasteiger partial charge in [0, 0.05) is 13.2 Å². The van der Waals surface area contributed by atoms with Crippen LogP contribution in [-0.4, -0.2) is 42.9 Å². The van der Waals surface area contributed by atoms with Gasteiger partial charge in [-0.05, 0) is 31.5 Å². The Kier molecular flexibility index (Phi) is 7.42. The first kappa shape index (κ1) is 17.1. The molecule has 0 saturated heterocycles. The summed E-state index contributed by atoms with van der Waals surface area (Å²) < 4.78 is 10.4. The molecule has 1 aromatic rings. The number of benzene rings is 1. The van der Waals surface area contributed by atoms with Crippen molar-refractivity contribution in [2.24, 2.45) is 0 Å². The van der Waals surface area contributed by atoms with Crippen LogP contribution in [0.25, 0.3) is 0 Å². The first-order valence-electron chi connectivity index (χ1n) is 6.84. The highest BCUT2D eigenvalue weighted by molar-refractivity contribution is 5.87. The molecule has 2 N–H and O–H groups in total. The van der Waals surface area contributed by atoms with Crippen LogP contribution < -0.4 is 5.32 Å². The van der Waals surface area contributed by atoms with E-state index in [9.17, 15) is 9.59 Å². The predicted molar refractivity (Wildman–Crippen MR) is 77.2 cm³/mol. The van der Waals surface area contributed by atoms with Crippen LogP contribution >= 0.6 is 0 Å². The van der Waals surface area contributed by atoms with Crippen LogP contribution in [-0.2, 0) is 20.8 Å². The molecule has 0 aromatic heterocycles. The number of hydrogen-bond donors (Lipinski definition) is 2. The molecule has 1 amide bonds. The number of carbonyl (C=O) groups excluding carboxylic acids is 1. The molecule has 0 saturated carbocycles. The summed E-state index contributed by atoms with van der Waals surface area (Å²) in [5, 5.41) is 11.6. The number of carboxylic acid groups (broad SMARTS) is 1. The molecular weight excluding hydrogens is 274 g/mol. The largest absolute Gasteiger partial charge is 0.478 e. The normalized spacial score (nSPS) is 11.9. The van der Waals surface area contributed by atoms with Gasteiger partial charge in [-0.2, -0.15) is 0 Å². The van der Waals surface area contributed by atoms with Crippen LogP contribution in [0.2, 0.25) is 0 Å². The minimum Gasteiger partial charge on any atom is -0.478 e. The standard InChI is InChI=1S/C15H21NO5/c1-3-20-7-8-21-11(2)14(17)16-10-12-5-4-6-13(9-12)15(18)19/h4-6,9,11H,3,7-8,10H2,1-2H3,(H,16,17)(H,18,19)/t11-/m0/s1. The molecule has 0 unspecified atom stereocenters. The number of rotatable bonds is 9. The highest BCUT2D eigenvalue weighted by atomic mass is 16.5. The van der Waals surface area contributed by atoms with Gasteiger partial charge in [-0.25, -0.2) is 4.79 Å². The predicted octanol–water partition coefficient (Wildman–Crippen LogP) is 1.44. The van der Waals surface area contributed by atoms with Crippen LogP contribution in [0.15, 0.2) is 24.3 Å². The second kappa shape index (κ2) is 9.10. The van der Waals surface area contributed by atoms with E-state index in [0.29, 0.717) is 19.8 Å². The Balaban J connectivity index is 2.38. The molecule has 0 bridgehead atoms. The van der Waals surface area contributed by atoms with Gasteiger partial charge in [0.25, 0.3) is 0 Å². The van der Waals surface area contributed by atoms with Gasteiger partial charge in [0.2, 0.25) is 5.91 Å². The van der Waals surface area contributed by atoms with E-state index < -0.39 is 12.1 Å². The lowest BCUT2D eigenvalue weighted by Crippen LogP contribution is -2.34. The lowest BCUT2D eigenvalue weighted by molar-refractivity contribution is -0.132. The highest BCUT2D eigenvalue weighted by Crippen LogP contribution is 2.05. The minimum atomic E-state index is -0.990. The van der Waals surface area contributed by atoms with Crippen molar-refractivity contribution in [1.82, 2.24) is 5.32 Å². The number of aromatic carboxylic acids is 1. The quantitative estimate of drug-likeness (QED) is 0.673. The Morgan fingerprint density at radius 1 is 1.33 bits per heavy atom. The molecule has 0 spiro atoms. The highest BCUT2D eigenvalue weighted by Gasteiger charge is 2.13. The van der Waals surface area contributed by atoms with Gasteiger partial charge >= 0.3 is 5.97 Å². The Labute approximate surface area is 124 Å². The van der Waals surface area contributed by atoms with E-state index in [1.807, 2.05) is 6.92 Å². The average Bonchev–Trinajstić information content (AvgIpc) is 2.49. The topological polar surface area (TPSA) is 84.9 Å². The van der Waals surface area contributed by atoms with Gasteiger partial charge in [0.15, 0.2) is 0 Å². The molecule has 0 fully saturated rings. The smallest absolute Gasteiger partial charge is 0.335 e. The van der Waals surface area contributed by atoms with Crippen molar-refractivity contribution in [3.63, 3.8) is 0 Å². The van der Waals surface area contributed by atoms with Gasteiger partial charge < -0.3 is 19.9 Å². The third-order valence-electron chi connectivity index (χ3n) is 2.81. The van der Waals surface area contributed by atoms with E-state index in [-0.39, 0.29) is 18.0 Å². The van der Waals surface area contributed by atoms with Crippen molar-refractivity contribution in [1.29, 1.82) is 0 Å². The molecule has 0 aliphatic carbocycles. The average molecular weight is 295 g/mol. The van der Waals surface area contributed by atoms with Crippen molar-refractivity contribution >= 4 is 11.9 Å². The molecule has 1 atom stereocenters. The Hall–Kier alpha value is -1.92. The fourth-order valence-electron chi connectivity index (χ4n) is 1.65. The maximum Gasteiger partial charge on any atom is 0.335 e. The van der Waals surface area contributed by atoms with Gasteiger partial charge in [0.05, 0.1) is 18.8 Å². The molecule has 0 aliphatic heterocycles. The summed E-state index contributed by atoms with van der Waals surface area (Å²) in [5.74, 6) is -1.23. The molecule has 1 aromatic carbocycles. The third-order valence-corrected chi connectivity index (χ3v) is 2.81. The van der Waals surface area contributed by atoms with E-state index in [4.69, 9.17) is 14.6 Å². The summed E-state index contributed by atoms with van der Waals surface area (Å²) in [4.78, 5) is 22.7. The first-order valence-corrected chi connectivity index (χ1v) is 6.84. The van der Waals surface area contributed by atoms with Gasteiger partial charge in [0.1, 0.15) is 6.10 Å². The summed E-state index contributed by atoms with van der Waals surface area (Å²) in [6.07, 6.45) is -0.576. The zero-order valence-electron chi connectivity index (χ0n) is 12.3. The van der Waals surface area contributed by atoms with Crippen molar-refractivity contribution < 1.29 is 24.2 Å². The van der Waals surface area contributed by atoms with E-state index in [1.165, 1.54) is 12.1 Å². The summed E-state index contributed by atoms with van der Waals surface area (Å²) >= 11 is 0. The van der Waals surface area contributed by atoms with Gasteiger partial charge in [-0.1, -0.05) is 12.1 Å². The van der Waals surface area contributed by atoms with E-state index >= 15 is 0 Å². The van der Waals surface area contributed by atoms with Crippen molar-refractivity contribution in [2.45, 2.75) is 26.5 Å². The summed E-state index contributed by atoms with van der Waals surface area (Å²) in [6, 6.07) is 6.44. The molecule has 6 heteroatoms. The fraction of sp³-hybridized carbons (Fsp3) is 0.467. The second-order valence-electron chi connectivity index (χ2n) is 4.43. The molecule has 0 radical (unpaired) electrons. The summed E-state index contributed by atoms with van der Waals surface area (Å²) in [7, 11) is 0. The molecular formula is C15H21NO5. The molecule has 0 aliphatic rings. The van der Waals surface area contributed by atoms with E-state index in [1.54, 1.807) is 19.1 Å². The lowest BCUT2D eigenvalue weighted by atomic mass is 10.1. The number of ether oxygens (including phenoxy) is 2. The molecule has 6 nitrogen and oxygen atoms in total. The summed E-state index contributed by atoms with van der Waals surface area (Å²) in [6.45, 7) is 5.24. The van der Waals surface area contributed by atoms with Gasteiger partial charge in [-0.15, -0.1) is 0 Å². The molecule has 0 heterocycles. The maximum atomic E-state index is 11.8. The monoisotopic (exact) mass is 295 g/mol. The SMILES string of the molecule is CCOCCO[C@@H](C)C(=O)NCc1cccc(C(=O)O)c1. The Morgan fingerprint density at radius 3 is 2.76 bits per heavy atom. The number of amides is 1. The summed E-state index contributed by atoms with van der Waals surface area (Å²) in [5.41, 5.74) is 0.924. The Morgan fingerprint density at radius 2 is 2.10 bits per heavy atom. The van der Waals surface area contributed by atoms with Crippen molar-refractivity contribution in [3.8, 4) is 0 Å². The van der Waals surface area contributed by atoms with Gasteiger partial charge in [-0.3, -0.25) is 4.79 Å². The van der Waals surface area contributed by atoms with Crippen LogP contribution in [0.4, 0.5) is 0 Å². The van der Waals surface area contributed by atoms with Crippen molar-refractivity contribution in [3.05, 3.63) is 35.4 Å². The van der Waals surface area contributed by atoms with Crippen LogP contribution in [0.5, 0.6) is 0 Å². The fourth-order valence-corrected chi connectivity index (χ4v) is 1.65. The third kappa shape index (κ3) is 6.37. The number of carboxylic acids is 1. The molecule has 21 heavy (non-hydrogen) atoms. The second-order valence-corrected chi connectivity index (χ2v) is 4.43. The number of nitrogens with one attached hydrogen (secondary N) is 1. The zero-order chi connectivity index (χ0) is 15.7.